The summed E-state index contributed by atoms with van der Waals surface area (Å²) in [6.45, 7) is 6.93. The average molecular weight is 258 g/mol. The van der Waals surface area contributed by atoms with Crippen LogP contribution in [0.3, 0.4) is 0 Å². The lowest BCUT2D eigenvalue weighted by molar-refractivity contribution is 0.127. The molecule has 104 valence electrons. The molecule has 1 fully saturated rings. The van der Waals surface area contributed by atoms with E-state index < -0.39 is 0 Å². The van der Waals surface area contributed by atoms with E-state index in [0.29, 0.717) is 6.04 Å². The van der Waals surface area contributed by atoms with Gasteiger partial charge in [-0.1, -0.05) is 31.2 Å². The van der Waals surface area contributed by atoms with E-state index in [-0.39, 0.29) is 0 Å². The summed E-state index contributed by atoms with van der Waals surface area (Å²) in [6, 6.07) is 11.2. The van der Waals surface area contributed by atoms with Crippen LogP contribution in [0.2, 0.25) is 0 Å². The highest BCUT2D eigenvalue weighted by Gasteiger charge is 2.36. The van der Waals surface area contributed by atoms with Crippen molar-refractivity contribution >= 4 is 0 Å². The molecule has 0 aromatic heterocycles. The van der Waals surface area contributed by atoms with E-state index in [0.717, 1.165) is 25.2 Å². The largest absolute Gasteiger partial charge is 0.313 e. The van der Waals surface area contributed by atoms with Crippen molar-refractivity contribution in [1.82, 2.24) is 10.2 Å². The Bertz CT molecular complexity index is 429. The number of nitrogens with zero attached hydrogens (tertiary/aromatic N) is 1. The zero-order valence-corrected chi connectivity index (χ0v) is 12.2. The molecule has 0 saturated carbocycles. The van der Waals surface area contributed by atoms with Crippen molar-refractivity contribution in [1.29, 1.82) is 0 Å². The first-order valence-electron chi connectivity index (χ1n) is 7.87. The van der Waals surface area contributed by atoms with Gasteiger partial charge in [-0.3, -0.25) is 4.90 Å². The van der Waals surface area contributed by atoms with Crippen LogP contribution in [0, 0.1) is 0 Å². The van der Waals surface area contributed by atoms with Crippen LogP contribution >= 0.6 is 0 Å². The Labute approximate surface area is 117 Å². The third kappa shape index (κ3) is 2.44. The van der Waals surface area contributed by atoms with Gasteiger partial charge in [0.1, 0.15) is 0 Å². The quantitative estimate of drug-likeness (QED) is 0.873. The van der Waals surface area contributed by atoms with E-state index in [2.05, 4.69) is 48.3 Å². The molecular formula is C17H26N2. The molecule has 1 saturated heterocycles. The molecule has 19 heavy (non-hydrogen) atoms. The smallest absolute Gasteiger partial charge is 0.0369 e. The minimum atomic E-state index is 0.619. The van der Waals surface area contributed by atoms with E-state index in [4.69, 9.17) is 0 Å². The average Bonchev–Trinajstić information content (AvgIpc) is 2.69. The molecule has 0 spiro atoms. The monoisotopic (exact) mass is 258 g/mol. The molecule has 0 amide bonds. The van der Waals surface area contributed by atoms with Crippen LogP contribution in [0.25, 0.3) is 0 Å². The number of nitrogens with one attached hydrogen (secondary N) is 1. The fourth-order valence-electron chi connectivity index (χ4n) is 4.02. The molecule has 1 aromatic carbocycles. The highest BCUT2D eigenvalue weighted by Crippen LogP contribution is 2.38. The first-order valence-corrected chi connectivity index (χ1v) is 7.87. The Kier molecular flexibility index (Phi) is 3.90. The van der Waals surface area contributed by atoms with Gasteiger partial charge in [-0.15, -0.1) is 0 Å². The van der Waals surface area contributed by atoms with Gasteiger partial charge in [-0.05, 0) is 50.3 Å². The van der Waals surface area contributed by atoms with Crippen LogP contribution in [-0.4, -0.2) is 23.5 Å². The van der Waals surface area contributed by atoms with Crippen molar-refractivity contribution in [2.24, 2.45) is 0 Å². The predicted molar refractivity (Wildman–Crippen MR) is 80.1 cm³/mol. The molecule has 2 heterocycles. The summed E-state index contributed by atoms with van der Waals surface area (Å²) < 4.78 is 0. The fourth-order valence-corrected chi connectivity index (χ4v) is 4.02. The Morgan fingerprint density at radius 3 is 2.89 bits per heavy atom. The maximum absolute atomic E-state index is 3.58. The van der Waals surface area contributed by atoms with Crippen LogP contribution in [0.1, 0.15) is 56.7 Å². The van der Waals surface area contributed by atoms with E-state index in [1.54, 1.807) is 5.56 Å². The molecule has 3 atom stereocenters. The van der Waals surface area contributed by atoms with Gasteiger partial charge < -0.3 is 5.32 Å². The molecule has 1 aromatic rings. The van der Waals surface area contributed by atoms with Crippen molar-refractivity contribution in [2.75, 3.05) is 6.54 Å². The lowest BCUT2D eigenvalue weighted by Crippen LogP contribution is -2.38. The lowest BCUT2D eigenvalue weighted by Gasteiger charge is -2.36. The molecule has 0 bridgehead atoms. The summed E-state index contributed by atoms with van der Waals surface area (Å²) in [4.78, 5) is 2.81. The Balaban J connectivity index is 1.95. The van der Waals surface area contributed by atoms with E-state index in [1.165, 1.54) is 31.2 Å². The second-order valence-corrected chi connectivity index (χ2v) is 6.12. The van der Waals surface area contributed by atoms with Gasteiger partial charge in [0.15, 0.2) is 0 Å². The number of rotatable bonds is 2. The second kappa shape index (κ2) is 5.64. The molecule has 2 aliphatic rings. The standard InChI is InChI=1S/C17H26N2/c1-3-15-9-8-13(2)19(15)17-10-11-18-12-14-6-4-5-7-16(14)17/h4-7,13,15,17-18H,3,8-12H2,1-2H3. The number of benzene rings is 1. The first kappa shape index (κ1) is 13.1. The van der Waals surface area contributed by atoms with E-state index in [9.17, 15) is 0 Å². The topological polar surface area (TPSA) is 15.3 Å². The number of fused-ring (bicyclic) bond motifs is 1. The maximum Gasteiger partial charge on any atom is 0.0369 e. The summed E-state index contributed by atoms with van der Waals surface area (Å²) in [5.41, 5.74) is 3.07. The van der Waals surface area contributed by atoms with Gasteiger partial charge in [0.05, 0.1) is 0 Å². The lowest BCUT2D eigenvalue weighted by atomic mass is 9.96. The molecule has 0 radical (unpaired) electrons. The van der Waals surface area contributed by atoms with Crippen molar-refractivity contribution in [3.8, 4) is 0 Å². The van der Waals surface area contributed by atoms with Gasteiger partial charge in [-0.25, -0.2) is 0 Å². The summed E-state index contributed by atoms with van der Waals surface area (Å²) >= 11 is 0. The molecule has 1 N–H and O–H groups in total. The van der Waals surface area contributed by atoms with Crippen LogP contribution < -0.4 is 5.32 Å². The van der Waals surface area contributed by atoms with Crippen molar-refractivity contribution in [3.63, 3.8) is 0 Å². The van der Waals surface area contributed by atoms with Gasteiger partial charge in [0.25, 0.3) is 0 Å². The Hall–Kier alpha value is -0.860. The van der Waals surface area contributed by atoms with Crippen molar-refractivity contribution < 1.29 is 0 Å². The first-order chi connectivity index (χ1) is 9.31. The Morgan fingerprint density at radius 2 is 2.05 bits per heavy atom. The maximum atomic E-state index is 3.58. The molecule has 2 aliphatic heterocycles. The van der Waals surface area contributed by atoms with E-state index >= 15 is 0 Å². The fraction of sp³-hybridized carbons (Fsp3) is 0.647. The van der Waals surface area contributed by atoms with Gasteiger partial charge in [0.2, 0.25) is 0 Å². The summed E-state index contributed by atoms with van der Waals surface area (Å²) in [7, 11) is 0. The van der Waals surface area contributed by atoms with Gasteiger partial charge in [-0.2, -0.15) is 0 Å². The summed E-state index contributed by atoms with van der Waals surface area (Å²) in [5.74, 6) is 0. The third-order valence-electron chi connectivity index (χ3n) is 5.00. The van der Waals surface area contributed by atoms with E-state index in [1.807, 2.05) is 0 Å². The second-order valence-electron chi connectivity index (χ2n) is 6.12. The van der Waals surface area contributed by atoms with Gasteiger partial charge >= 0.3 is 0 Å². The minimum Gasteiger partial charge on any atom is -0.313 e. The molecule has 2 nitrogen and oxygen atoms in total. The zero-order valence-electron chi connectivity index (χ0n) is 12.2. The number of hydrogen-bond donors (Lipinski definition) is 1. The highest BCUT2D eigenvalue weighted by molar-refractivity contribution is 5.31. The van der Waals surface area contributed by atoms with Crippen LogP contribution in [0.5, 0.6) is 0 Å². The van der Waals surface area contributed by atoms with Crippen molar-refractivity contribution in [2.45, 2.75) is 64.2 Å². The normalized spacial score (nSPS) is 32.0. The highest BCUT2D eigenvalue weighted by atomic mass is 15.2. The number of hydrogen-bond acceptors (Lipinski definition) is 2. The molecule has 0 aliphatic carbocycles. The molecule has 2 heteroatoms. The minimum absolute atomic E-state index is 0.619. The number of likely N-dealkylation sites (tertiary alicyclic amines) is 1. The SMILES string of the molecule is CCC1CCC(C)N1C1CCNCc2ccccc21. The Morgan fingerprint density at radius 1 is 1.21 bits per heavy atom. The van der Waals surface area contributed by atoms with Crippen molar-refractivity contribution in [3.05, 3.63) is 35.4 Å². The van der Waals surface area contributed by atoms with Crippen LogP contribution in [-0.2, 0) is 6.54 Å². The molecular weight excluding hydrogens is 232 g/mol. The summed E-state index contributed by atoms with van der Waals surface area (Å²) in [5, 5.41) is 3.58. The predicted octanol–water partition coefficient (Wildman–Crippen LogP) is 3.48. The van der Waals surface area contributed by atoms with Crippen LogP contribution in [0.15, 0.2) is 24.3 Å². The zero-order chi connectivity index (χ0) is 13.2. The summed E-state index contributed by atoms with van der Waals surface area (Å²) in [6.07, 6.45) is 5.28. The molecule has 3 rings (SSSR count). The van der Waals surface area contributed by atoms with Crippen LogP contribution in [0.4, 0.5) is 0 Å². The third-order valence-corrected chi connectivity index (χ3v) is 5.00. The van der Waals surface area contributed by atoms with Gasteiger partial charge in [0, 0.05) is 24.7 Å². The molecule has 3 unspecified atom stereocenters.